The molecule has 1 aromatic carbocycles. The molecule has 0 aliphatic carbocycles. The minimum absolute atomic E-state index is 0.101. The van der Waals surface area contributed by atoms with Gasteiger partial charge in [-0.3, -0.25) is 4.79 Å². The summed E-state index contributed by atoms with van der Waals surface area (Å²) in [6, 6.07) is 9.70. The molecule has 0 amide bonds. The number of ether oxygens (including phenoxy) is 1. The molecule has 0 aliphatic heterocycles. The lowest BCUT2D eigenvalue weighted by atomic mass is 10.1. The molecular formula is C13H13IN2O2. The van der Waals surface area contributed by atoms with Gasteiger partial charge in [-0.15, -0.1) is 0 Å². The molecule has 0 fully saturated rings. The lowest BCUT2D eigenvalue weighted by Gasteiger charge is -2.06. The van der Waals surface area contributed by atoms with Crippen LogP contribution in [0.2, 0.25) is 0 Å². The zero-order valence-corrected chi connectivity index (χ0v) is 12.1. The number of hydrogen-bond acceptors (Lipinski definition) is 3. The van der Waals surface area contributed by atoms with E-state index in [1.807, 2.05) is 52.9 Å². The number of aromatic nitrogens is 2. The Morgan fingerprint density at radius 1 is 1.33 bits per heavy atom. The number of methoxy groups -OCH3 is 1. The first-order valence-electron chi connectivity index (χ1n) is 5.55. The highest BCUT2D eigenvalue weighted by Gasteiger charge is 2.10. The van der Waals surface area contributed by atoms with Gasteiger partial charge in [0.2, 0.25) is 0 Å². The van der Waals surface area contributed by atoms with E-state index in [2.05, 4.69) is 9.97 Å². The van der Waals surface area contributed by atoms with Crippen molar-refractivity contribution < 1.29 is 4.74 Å². The first-order valence-corrected chi connectivity index (χ1v) is 6.63. The summed E-state index contributed by atoms with van der Waals surface area (Å²) in [6.07, 6.45) is 0.600. The molecule has 18 heavy (non-hydrogen) atoms. The van der Waals surface area contributed by atoms with Gasteiger partial charge >= 0.3 is 0 Å². The number of H-pyrrole nitrogens is 1. The van der Waals surface area contributed by atoms with Crippen LogP contribution in [-0.2, 0) is 11.2 Å². The maximum atomic E-state index is 11.9. The van der Waals surface area contributed by atoms with E-state index in [-0.39, 0.29) is 5.56 Å². The van der Waals surface area contributed by atoms with Crippen molar-refractivity contribution >= 4 is 22.6 Å². The smallest absolute Gasteiger partial charge is 0.264 e. The van der Waals surface area contributed by atoms with Gasteiger partial charge in [-0.2, -0.15) is 0 Å². The standard InChI is InChI=1S/C13H13IN2O2/c1-18-8-7-10-15-12(11(14)13(17)16-10)9-5-3-2-4-6-9/h2-6H,7-8H2,1H3,(H,15,16,17). The second-order valence-electron chi connectivity index (χ2n) is 3.78. The van der Waals surface area contributed by atoms with Gasteiger partial charge < -0.3 is 9.72 Å². The molecule has 1 aromatic heterocycles. The highest BCUT2D eigenvalue weighted by Crippen LogP contribution is 2.20. The fourth-order valence-electron chi connectivity index (χ4n) is 1.61. The van der Waals surface area contributed by atoms with Crippen LogP contribution in [0.5, 0.6) is 0 Å². The van der Waals surface area contributed by atoms with Crippen molar-refractivity contribution in [3.05, 3.63) is 50.1 Å². The number of nitrogens with one attached hydrogen (secondary N) is 1. The summed E-state index contributed by atoms with van der Waals surface area (Å²) in [5.41, 5.74) is 1.58. The largest absolute Gasteiger partial charge is 0.384 e. The second-order valence-corrected chi connectivity index (χ2v) is 4.86. The van der Waals surface area contributed by atoms with Crippen molar-refractivity contribution in [3.63, 3.8) is 0 Å². The molecule has 1 heterocycles. The number of rotatable bonds is 4. The maximum absolute atomic E-state index is 11.9. The number of aromatic amines is 1. The first kappa shape index (κ1) is 13.2. The van der Waals surface area contributed by atoms with Crippen molar-refractivity contribution in [1.29, 1.82) is 0 Å². The normalized spacial score (nSPS) is 10.6. The van der Waals surface area contributed by atoms with Gasteiger partial charge in [-0.25, -0.2) is 4.98 Å². The van der Waals surface area contributed by atoms with Crippen LogP contribution in [0.25, 0.3) is 11.3 Å². The molecule has 0 atom stereocenters. The number of halogens is 1. The van der Waals surface area contributed by atoms with E-state index in [4.69, 9.17) is 4.74 Å². The van der Waals surface area contributed by atoms with Gasteiger partial charge in [0.05, 0.1) is 12.3 Å². The molecule has 94 valence electrons. The highest BCUT2D eigenvalue weighted by molar-refractivity contribution is 14.1. The second kappa shape index (κ2) is 6.10. The fourth-order valence-corrected chi connectivity index (χ4v) is 2.18. The molecule has 4 nitrogen and oxygen atoms in total. The van der Waals surface area contributed by atoms with Crippen LogP contribution < -0.4 is 5.56 Å². The van der Waals surface area contributed by atoms with Crippen LogP contribution in [0, 0.1) is 3.57 Å². The molecule has 5 heteroatoms. The summed E-state index contributed by atoms with van der Waals surface area (Å²) >= 11 is 2.03. The van der Waals surface area contributed by atoms with Crippen LogP contribution in [0.1, 0.15) is 5.82 Å². The van der Waals surface area contributed by atoms with Crippen molar-refractivity contribution in [2.24, 2.45) is 0 Å². The summed E-state index contributed by atoms with van der Waals surface area (Å²) in [7, 11) is 1.63. The average Bonchev–Trinajstić information content (AvgIpc) is 2.41. The molecule has 2 aromatic rings. The van der Waals surface area contributed by atoms with Gasteiger partial charge in [0.25, 0.3) is 5.56 Å². The van der Waals surface area contributed by atoms with E-state index in [1.54, 1.807) is 7.11 Å². The summed E-state index contributed by atoms with van der Waals surface area (Å²) in [5.74, 6) is 0.654. The molecule has 0 saturated carbocycles. The average molecular weight is 356 g/mol. The Labute approximate surface area is 119 Å². The van der Waals surface area contributed by atoms with Crippen molar-refractivity contribution in [2.75, 3.05) is 13.7 Å². The van der Waals surface area contributed by atoms with Crippen LogP contribution in [0.15, 0.2) is 35.1 Å². The van der Waals surface area contributed by atoms with Crippen molar-refractivity contribution in [1.82, 2.24) is 9.97 Å². The first-order chi connectivity index (χ1) is 8.72. The molecular weight excluding hydrogens is 343 g/mol. The summed E-state index contributed by atoms with van der Waals surface area (Å²) in [4.78, 5) is 19.1. The van der Waals surface area contributed by atoms with Gasteiger partial charge in [-0.05, 0) is 22.6 Å². The predicted molar refractivity (Wildman–Crippen MR) is 78.6 cm³/mol. The minimum Gasteiger partial charge on any atom is -0.384 e. The van der Waals surface area contributed by atoms with Crippen molar-refractivity contribution in [2.45, 2.75) is 6.42 Å². The number of nitrogens with zero attached hydrogens (tertiary/aromatic N) is 1. The molecule has 0 bridgehead atoms. The topological polar surface area (TPSA) is 55.0 Å². The summed E-state index contributed by atoms with van der Waals surface area (Å²) in [6.45, 7) is 0.539. The van der Waals surface area contributed by atoms with E-state index in [0.717, 1.165) is 11.3 Å². The van der Waals surface area contributed by atoms with Crippen LogP contribution in [0.4, 0.5) is 0 Å². The third-order valence-electron chi connectivity index (χ3n) is 2.50. The Bertz CT molecular complexity index is 581. The van der Waals surface area contributed by atoms with Crippen LogP contribution in [-0.4, -0.2) is 23.7 Å². The summed E-state index contributed by atoms with van der Waals surface area (Å²) in [5, 5.41) is 0. The van der Waals surface area contributed by atoms with E-state index >= 15 is 0 Å². The van der Waals surface area contributed by atoms with E-state index in [1.165, 1.54) is 0 Å². The Morgan fingerprint density at radius 2 is 2.06 bits per heavy atom. The quantitative estimate of drug-likeness (QED) is 0.855. The number of hydrogen-bond donors (Lipinski definition) is 1. The predicted octanol–water partition coefficient (Wildman–Crippen LogP) is 2.23. The van der Waals surface area contributed by atoms with Gasteiger partial charge in [0, 0.05) is 19.1 Å². The van der Waals surface area contributed by atoms with E-state index in [0.29, 0.717) is 22.4 Å². The SMILES string of the molecule is COCCc1nc(-c2ccccc2)c(I)c(=O)[nH]1. The maximum Gasteiger partial charge on any atom is 0.264 e. The van der Waals surface area contributed by atoms with Crippen molar-refractivity contribution in [3.8, 4) is 11.3 Å². The number of benzene rings is 1. The Balaban J connectivity index is 2.46. The fraction of sp³-hybridized carbons (Fsp3) is 0.231. The molecule has 0 saturated heterocycles. The Kier molecular flexibility index (Phi) is 4.48. The minimum atomic E-state index is -0.101. The molecule has 1 N–H and O–H groups in total. The van der Waals surface area contributed by atoms with Crippen LogP contribution in [0.3, 0.4) is 0 Å². The lowest BCUT2D eigenvalue weighted by Crippen LogP contribution is -2.17. The zero-order chi connectivity index (χ0) is 13.0. The van der Waals surface area contributed by atoms with Gasteiger partial charge in [-0.1, -0.05) is 30.3 Å². The molecule has 0 spiro atoms. The van der Waals surface area contributed by atoms with E-state index in [9.17, 15) is 4.79 Å². The Morgan fingerprint density at radius 3 is 2.72 bits per heavy atom. The summed E-state index contributed by atoms with van der Waals surface area (Å²) < 4.78 is 5.61. The van der Waals surface area contributed by atoms with Gasteiger partial charge in [0.15, 0.2) is 0 Å². The molecule has 0 radical (unpaired) electrons. The van der Waals surface area contributed by atoms with Gasteiger partial charge in [0.1, 0.15) is 9.39 Å². The molecule has 2 rings (SSSR count). The van der Waals surface area contributed by atoms with E-state index < -0.39 is 0 Å². The Hall–Kier alpha value is -1.21. The van der Waals surface area contributed by atoms with Crippen LogP contribution >= 0.6 is 22.6 Å². The monoisotopic (exact) mass is 356 g/mol. The lowest BCUT2D eigenvalue weighted by molar-refractivity contribution is 0.200. The molecule has 0 aliphatic rings. The third kappa shape index (κ3) is 2.97. The zero-order valence-electron chi connectivity index (χ0n) is 9.94. The highest BCUT2D eigenvalue weighted by atomic mass is 127. The molecule has 0 unspecified atom stereocenters. The third-order valence-corrected chi connectivity index (χ3v) is 3.50.